The molecule has 0 spiro atoms. The Morgan fingerprint density at radius 3 is 2.31 bits per heavy atom. The van der Waals surface area contributed by atoms with Gasteiger partial charge in [0.2, 0.25) is 10.0 Å². The van der Waals surface area contributed by atoms with Crippen LogP contribution in [0.4, 0.5) is 0 Å². The largest absolute Gasteiger partial charge is 0.349 e. The molecule has 0 unspecified atom stereocenters. The van der Waals surface area contributed by atoms with Gasteiger partial charge < -0.3 is 10.2 Å². The molecule has 2 heterocycles. The number of benzene rings is 2. The fourth-order valence-electron chi connectivity index (χ4n) is 4.34. The van der Waals surface area contributed by atoms with Gasteiger partial charge >= 0.3 is 0 Å². The molecule has 2 aliphatic heterocycles. The number of likely N-dealkylation sites (tertiary alicyclic amines) is 1. The van der Waals surface area contributed by atoms with Crippen molar-refractivity contribution in [1.29, 1.82) is 0 Å². The van der Waals surface area contributed by atoms with E-state index >= 15 is 0 Å². The minimum Gasteiger partial charge on any atom is -0.349 e. The van der Waals surface area contributed by atoms with Crippen LogP contribution in [0.1, 0.15) is 28.8 Å². The van der Waals surface area contributed by atoms with E-state index in [0.29, 0.717) is 31.7 Å². The van der Waals surface area contributed by atoms with Gasteiger partial charge in [-0.2, -0.15) is 4.31 Å². The molecule has 7 nitrogen and oxygen atoms in total. The van der Waals surface area contributed by atoms with Gasteiger partial charge in [0.25, 0.3) is 5.91 Å². The minimum absolute atomic E-state index is 0.136. The minimum atomic E-state index is -3.63. The van der Waals surface area contributed by atoms with E-state index in [4.69, 9.17) is 0 Å². The Balaban J connectivity index is 1.37. The number of amides is 1. The highest BCUT2D eigenvalue weighted by molar-refractivity contribution is 7.89. The van der Waals surface area contributed by atoms with Gasteiger partial charge in [0.05, 0.1) is 4.90 Å². The van der Waals surface area contributed by atoms with Crippen LogP contribution in [0.5, 0.6) is 0 Å². The number of piperidine rings is 1. The monoisotopic (exact) mass is 456 g/mol. The first-order chi connectivity index (χ1) is 15.4. The lowest BCUT2D eigenvalue weighted by Crippen LogP contribution is -2.48. The van der Waals surface area contributed by atoms with E-state index in [1.807, 2.05) is 18.2 Å². The van der Waals surface area contributed by atoms with Gasteiger partial charge in [-0.05, 0) is 56.7 Å². The summed E-state index contributed by atoms with van der Waals surface area (Å²) < 4.78 is 28.0. The summed E-state index contributed by atoms with van der Waals surface area (Å²) in [6, 6.07) is 16.8. The lowest BCUT2D eigenvalue weighted by molar-refractivity contribution is 0.0916. The average Bonchev–Trinajstić information content (AvgIpc) is 2.82. The van der Waals surface area contributed by atoms with Gasteiger partial charge in [-0.25, -0.2) is 8.42 Å². The molecule has 0 aliphatic carbocycles. The number of carbonyl (C=O) groups is 1. The molecule has 1 amide bonds. The van der Waals surface area contributed by atoms with E-state index in [-0.39, 0.29) is 16.8 Å². The van der Waals surface area contributed by atoms with E-state index < -0.39 is 10.0 Å². The van der Waals surface area contributed by atoms with Crippen molar-refractivity contribution in [2.24, 2.45) is 0 Å². The summed E-state index contributed by atoms with van der Waals surface area (Å²) in [5.41, 5.74) is 1.62. The third kappa shape index (κ3) is 5.56. The predicted octanol–water partition coefficient (Wildman–Crippen LogP) is 2.02. The van der Waals surface area contributed by atoms with E-state index in [2.05, 4.69) is 34.3 Å². The van der Waals surface area contributed by atoms with Gasteiger partial charge in [0, 0.05) is 44.3 Å². The summed E-state index contributed by atoms with van der Waals surface area (Å²) in [6.45, 7) is 4.99. The van der Waals surface area contributed by atoms with Crippen molar-refractivity contribution in [2.45, 2.75) is 30.3 Å². The Morgan fingerprint density at radius 2 is 1.62 bits per heavy atom. The number of hydrogen-bond donors (Lipinski definition) is 1. The van der Waals surface area contributed by atoms with Crippen LogP contribution in [0.3, 0.4) is 0 Å². The zero-order valence-electron chi connectivity index (χ0n) is 18.6. The highest BCUT2D eigenvalue weighted by atomic mass is 32.2. The maximum absolute atomic E-state index is 13.2. The van der Waals surface area contributed by atoms with Gasteiger partial charge in [0.15, 0.2) is 0 Å². The molecule has 32 heavy (non-hydrogen) atoms. The number of nitrogens with zero attached hydrogens (tertiary/aromatic N) is 3. The van der Waals surface area contributed by atoms with E-state index in [1.54, 1.807) is 18.2 Å². The first kappa shape index (κ1) is 22.9. The second kappa shape index (κ2) is 10.1. The average molecular weight is 457 g/mol. The third-order valence-corrected chi connectivity index (χ3v) is 8.26. The van der Waals surface area contributed by atoms with Crippen LogP contribution in [0, 0.1) is 0 Å². The molecule has 4 rings (SSSR count). The molecule has 2 saturated heterocycles. The molecule has 2 aliphatic rings. The van der Waals surface area contributed by atoms with Crippen LogP contribution in [0.25, 0.3) is 0 Å². The predicted molar refractivity (Wildman–Crippen MR) is 125 cm³/mol. The quantitative estimate of drug-likeness (QED) is 0.720. The molecular weight excluding hydrogens is 424 g/mol. The van der Waals surface area contributed by atoms with Crippen molar-refractivity contribution in [2.75, 3.05) is 46.3 Å². The summed E-state index contributed by atoms with van der Waals surface area (Å²) in [6.07, 6.45) is 1.82. The number of rotatable bonds is 6. The van der Waals surface area contributed by atoms with Gasteiger partial charge in [0.1, 0.15) is 0 Å². The Morgan fingerprint density at radius 1 is 0.938 bits per heavy atom. The summed E-state index contributed by atoms with van der Waals surface area (Å²) in [5.74, 6) is -0.204. The van der Waals surface area contributed by atoms with Gasteiger partial charge in [-0.1, -0.05) is 36.4 Å². The van der Waals surface area contributed by atoms with E-state index in [0.717, 1.165) is 32.5 Å². The fourth-order valence-corrected chi connectivity index (χ4v) is 5.81. The molecule has 0 atom stereocenters. The molecule has 0 radical (unpaired) electrons. The topological polar surface area (TPSA) is 73.0 Å². The number of hydrogen-bond acceptors (Lipinski definition) is 5. The summed E-state index contributed by atoms with van der Waals surface area (Å²) in [4.78, 5) is 17.4. The summed E-state index contributed by atoms with van der Waals surface area (Å²) in [5, 5.41) is 3.06. The Hall–Kier alpha value is -2.26. The van der Waals surface area contributed by atoms with Crippen LogP contribution >= 0.6 is 0 Å². The molecule has 172 valence electrons. The van der Waals surface area contributed by atoms with Crippen LogP contribution < -0.4 is 5.32 Å². The van der Waals surface area contributed by atoms with Crippen molar-refractivity contribution in [3.8, 4) is 0 Å². The highest BCUT2D eigenvalue weighted by Crippen LogP contribution is 2.20. The molecule has 2 aromatic carbocycles. The normalized spacial score (nSPS) is 19.7. The molecule has 0 aromatic heterocycles. The molecular formula is C24H32N4O3S. The standard InChI is InChI=1S/C24H32N4O3S/c1-26-12-10-22(11-13-26)25-24(29)21-8-5-9-23(18-21)32(30,31)28-16-14-27(15-17-28)19-20-6-3-2-4-7-20/h2-9,18,22H,10-17,19H2,1H3,(H,25,29). The first-order valence-corrected chi connectivity index (χ1v) is 12.7. The van der Waals surface area contributed by atoms with Crippen LogP contribution in [0.2, 0.25) is 0 Å². The van der Waals surface area contributed by atoms with Crippen LogP contribution in [0.15, 0.2) is 59.5 Å². The molecule has 2 fully saturated rings. The van der Waals surface area contributed by atoms with E-state index in [1.165, 1.54) is 15.9 Å². The number of nitrogens with one attached hydrogen (secondary N) is 1. The van der Waals surface area contributed by atoms with Crippen LogP contribution in [-0.2, 0) is 16.6 Å². The van der Waals surface area contributed by atoms with Crippen LogP contribution in [-0.4, -0.2) is 80.8 Å². The number of piperazine rings is 1. The van der Waals surface area contributed by atoms with Gasteiger partial charge in [-0.3, -0.25) is 9.69 Å². The Labute approximate surface area is 191 Å². The molecule has 8 heteroatoms. The van der Waals surface area contributed by atoms with Crippen molar-refractivity contribution >= 4 is 15.9 Å². The number of carbonyl (C=O) groups excluding carboxylic acids is 1. The van der Waals surface area contributed by atoms with E-state index in [9.17, 15) is 13.2 Å². The number of sulfonamides is 1. The zero-order valence-corrected chi connectivity index (χ0v) is 19.4. The summed E-state index contributed by atoms with van der Waals surface area (Å²) in [7, 11) is -1.56. The third-order valence-electron chi connectivity index (χ3n) is 6.37. The molecule has 2 aromatic rings. The molecule has 1 N–H and O–H groups in total. The zero-order chi connectivity index (χ0) is 22.6. The highest BCUT2D eigenvalue weighted by Gasteiger charge is 2.29. The molecule has 0 saturated carbocycles. The fraction of sp³-hybridized carbons (Fsp3) is 0.458. The maximum Gasteiger partial charge on any atom is 0.251 e. The molecule has 0 bridgehead atoms. The SMILES string of the molecule is CN1CCC(NC(=O)c2cccc(S(=O)(=O)N3CCN(Cc4ccccc4)CC3)c2)CC1. The van der Waals surface area contributed by atoms with Crippen molar-refractivity contribution in [1.82, 2.24) is 19.4 Å². The van der Waals surface area contributed by atoms with Crippen molar-refractivity contribution < 1.29 is 13.2 Å². The van der Waals surface area contributed by atoms with Gasteiger partial charge in [-0.15, -0.1) is 0 Å². The second-order valence-corrected chi connectivity index (χ2v) is 10.7. The summed E-state index contributed by atoms with van der Waals surface area (Å²) >= 11 is 0. The maximum atomic E-state index is 13.2. The Bertz CT molecular complexity index is 1010. The lowest BCUT2D eigenvalue weighted by atomic mass is 10.0. The van der Waals surface area contributed by atoms with Crippen molar-refractivity contribution in [3.63, 3.8) is 0 Å². The Kier molecular flexibility index (Phi) is 7.25. The smallest absolute Gasteiger partial charge is 0.251 e. The van der Waals surface area contributed by atoms with Crippen molar-refractivity contribution in [3.05, 3.63) is 65.7 Å². The second-order valence-electron chi connectivity index (χ2n) is 8.74. The lowest BCUT2D eigenvalue weighted by Gasteiger charge is -2.34. The first-order valence-electron chi connectivity index (χ1n) is 11.3.